The van der Waals surface area contributed by atoms with Crippen molar-refractivity contribution in [3.63, 3.8) is 0 Å². The second-order valence-corrected chi connectivity index (χ2v) is 7.91. The van der Waals surface area contributed by atoms with Crippen molar-refractivity contribution in [1.29, 1.82) is 0 Å². The van der Waals surface area contributed by atoms with E-state index in [2.05, 4.69) is 4.98 Å². The number of pyridine rings is 2. The molecule has 1 aliphatic rings. The number of halogens is 5. The highest BCUT2D eigenvalue weighted by atomic mass is 19.4. The molecule has 2 N–H and O–H groups in total. The second-order valence-electron chi connectivity index (χ2n) is 7.91. The van der Waals surface area contributed by atoms with Gasteiger partial charge in [0.25, 0.3) is 5.91 Å². The van der Waals surface area contributed by atoms with Gasteiger partial charge in [-0.2, -0.15) is 13.2 Å². The van der Waals surface area contributed by atoms with E-state index in [1.54, 1.807) is 10.2 Å². The van der Waals surface area contributed by atoms with Crippen LogP contribution in [0.3, 0.4) is 0 Å². The zero-order valence-corrected chi connectivity index (χ0v) is 17.7. The van der Waals surface area contributed by atoms with Gasteiger partial charge in [-0.25, -0.2) is 13.8 Å². The smallest absolute Gasteiger partial charge is 0.389 e. The lowest BCUT2D eigenvalue weighted by Crippen LogP contribution is -2.51. The highest BCUT2D eigenvalue weighted by Crippen LogP contribution is 2.26. The average Bonchev–Trinajstić information content (AvgIpc) is 2.75. The lowest BCUT2D eigenvalue weighted by molar-refractivity contribution is -0.153. The zero-order valence-electron chi connectivity index (χ0n) is 17.7. The monoisotopic (exact) mass is 482 g/mol. The number of aliphatic hydroxyl groups excluding tert-OH is 1. The minimum Gasteiger partial charge on any atom is -0.389 e. The Hall–Kier alpha value is -3.54. The Bertz CT molecular complexity index is 1320. The van der Waals surface area contributed by atoms with E-state index in [0.29, 0.717) is 11.9 Å². The van der Waals surface area contributed by atoms with E-state index in [1.165, 1.54) is 19.1 Å². The Kier molecular flexibility index (Phi) is 6.02. The number of nitrogens with one attached hydrogen (secondary N) is 1. The van der Waals surface area contributed by atoms with Crippen molar-refractivity contribution in [2.45, 2.75) is 31.7 Å². The molecular weight excluding hydrogens is 463 g/mol. The molecule has 1 unspecified atom stereocenters. The van der Waals surface area contributed by atoms with E-state index in [9.17, 15) is 36.6 Å². The van der Waals surface area contributed by atoms with Crippen LogP contribution in [0.5, 0.6) is 0 Å². The largest absolute Gasteiger partial charge is 0.408 e. The molecule has 7 nitrogen and oxygen atoms in total. The number of nitrogens with zero attached hydrogens (tertiary/aromatic N) is 3. The maximum atomic E-state index is 14.6. The SMILES string of the molecule is CCC(NC(=O)c1cn(-c2ccc(F)cc2F)c2nc(N3CC(O)C3)ccc2c1=O)C(F)(F)F. The maximum absolute atomic E-state index is 14.6. The first kappa shape index (κ1) is 23.6. The Morgan fingerprint density at radius 3 is 2.53 bits per heavy atom. The van der Waals surface area contributed by atoms with Crippen LogP contribution in [0.1, 0.15) is 23.7 Å². The molecule has 0 radical (unpaired) electrons. The molecule has 1 aliphatic heterocycles. The number of aromatic nitrogens is 2. The third-order valence-corrected chi connectivity index (χ3v) is 5.54. The zero-order chi connectivity index (χ0) is 24.8. The molecule has 0 spiro atoms. The van der Waals surface area contributed by atoms with Crippen LogP contribution in [0, 0.1) is 11.6 Å². The van der Waals surface area contributed by atoms with Crippen LogP contribution in [-0.4, -0.2) is 52.0 Å². The van der Waals surface area contributed by atoms with Crippen LogP contribution in [-0.2, 0) is 0 Å². The highest BCUT2D eigenvalue weighted by Gasteiger charge is 2.39. The molecule has 1 fully saturated rings. The van der Waals surface area contributed by atoms with E-state index in [0.717, 1.165) is 22.9 Å². The molecule has 12 heteroatoms. The molecule has 34 heavy (non-hydrogen) atoms. The number of alkyl halides is 3. The summed E-state index contributed by atoms with van der Waals surface area (Å²) in [6, 6.07) is 3.18. The molecule has 1 saturated heterocycles. The lowest BCUT2D eigenvalue weighted by atomic mass is 10.1. The highest BCUT2D eigenvalue weighted by molar-refractivity contribution is 5.97. The normalized spacial score (nSPS) is 15.3. The van der Waals surface area contributed by atoms with Crippen molar-refractivity contribution in [2.24, 2.45) is 0 Å². The van der Waals surface area contributed by atoms with E-state index in [4.69, 9.17) is 0 Å². The fraction of sp³-hybridized carbons (Fsp3) is 0.318. The van der Waals surface area contributed by atoms with Gasteiger partial charge in [0.15, 0.2) is 5.65 Å². The number of hydrogen-bond donors (Lipinski definition) is 2. The number of fused-ring (bicyclic) bond motifs is 1. The Labute approximate surface area is 189 Å². The van der Waals surface area contributed by atoms with Crippen molar-refractivity contribution >= 4 is 22.8 Å². The number of carbonyl (C=O) groups is 1. The van der Waals surface area contributed by atoms with Gasteiger partial charge in [0, 0.05) is 25.4 Å². The molecule has 1 aromatic carbocycles. The van der Waals surface area contributed by atoms with Gasteiger partial charge in [-0.3, -0.25) is 14.2 Å². The van der Waals surface area contributed by atoms with Gasteiger partial charge >= 0.3 is 6.18 Å². The van der Waals surface area contributed by atoms with Gasteiger partial charge in [-0.15, -0.1) is 0 Å². The van der Waals surface area contributed by atoms with Gasteiger partial charge in [0.1, 0.15) is 29.1 Å². The molecular formula is C22H19F5N4O3. The number of aliphatic hydroxyl groups is 1. The van der Waals surface area contributed by atoms with Crippen molar-refractivity contribution in [1.82, 2.24) is 14.9 Å². The summed E-state index contributed by atoms with van der Waals surface area (Å²) < 4.78 is 68.6. The standard InChI is InChI=1S/C22H19F5N4O3/c1-2-17(22(25,26)27)28-21(34)14-10-31(16-5-3-11(23)7-15(16)24)20-13(19(14)33)4-6-18(29-20)30-8-12(32)9-30/h3-7,10,12,17,32H,2,8-9H2,1H3,(H,28,34). The first-order valence-electron chi connectivity index (χ1n) is 10.3. The van der Waals surface area contributed by atoms with Crippen LogP contribution < -0.4 is 15.6 Å². The fourth-order valence-corrected chi connectivity index (χ4v) is 3.69. The molecule has 1 amide bonds. The summed E-state index contributed by atoms with van der Waals surface area (Å²) in [7, 11) is 0. The van der Waals surface area contributed by atoms with Crippen molar-refractivity contribution in [2.75, 3.05) is 18.0 Å². The number of hydrogen-bond acceptors (Lipinski definition) is 5. The van der Waals surface area contributed by atoms with Crippen molar-refractivity contribution < 1.29 is 31.9 Å². The Morgan fingerprint density at radius 1 is 1.24 bits per heavy atom. The number of rotatable bonds is 5. The third-order valence-electron chi connectivity index (χ3n) is 5.54. The Balaban J connectivity index is 1.90. The molecule has 180 valence electrons. The molecule has 0 saturated carbocycles. The molecule has 2 aromatic heterocycles. The minimum atomic E-state index is -4.73. The van der Waals surface area contributed by atoms with E-state index in [1.807, 2.05) is 0 Å². The summed E-state index contributed by atoms with van der Waals surface area (Å²) in [5.41, 5.74) is -1.91. The number of anilines is 1. The van der Waals surface area contributed by atoms with Crippen molar-refractivity contribution in [3.8, 4) is 5.69 Å². The van der Waals surface area contributed by atoms with Crippen LogP contribution in [0.15, 0.2) is 41.3 Å². The molecule has 3 aromatic rings. The predicted octanol–water partition coefficient (Wildman–Crippen LogP) is 2.92. The molecule has 4 rings (SSSR count). The number of benzene rings is 1. The molecule has 0 bridgehead atoms. The number of β-amino-alcohol motifs (C(OH)–C–C–N with tert-alkyl or cyclic N) is 1. The van der Waals surface area contributed by atoms with Gasteiger partial charge in [0.2, 0.25) is 5.43 Å². The van der Waals surface area contributed by atoms with Gasteiger partial charge in [-0.05, 0) is 30.7 Å². The van der Waals surface area contributed by atoms with Crippen molar-refractivity contribution in [3.05, 3.63) is 63.9 Å². The summed E-state index contributed by atoms with van der Waals surface area (Å²) in [6.07, 6.45) is -4.86. The predicted molar refractivity (Wildman–Crippen MR) is 113 cm³/mol. The van der Waals surface area contributed by atoms with Crippen LogP contribution in [0.4, 0.5) is 27.8 Å². The lowest BCUT2D eigenvalue weighted by Gasteiger charge is -2.36. The van der Waals surface area contributed by atoms with E-state index < -0.39 is 53.3 Å². The quantitative estimate of drug-likeness (QED) is 0.547. The first-order chi connectivity index (χ1) is 16.0. The van der Waals surface area contributed by atoms with Gasteiger partial charge < -0.3 is 15.3 Å². The second kappa shape index (κ2) is 8.67. The first-order valence-corrected chi connectivity index (χ1v) is 10.3. The van der Waals surface area contributed by atoms with Crippen LogP contribution in [0.2, 0.25) is 0 Å². The molecule has 0 aliphatic carbocycles. The topological polar surface area (TPSA) is 87.5 Å². The summed E-state index contributed by atoms with van der Waals surface area (Å²) in [5.74, 6) is -2.84. The minimum absolute atomic E-state index is 0.0891. The molecule has 1 atom stereocenters. The third kappa shape index (κ3) is 4.32. The summed E-state index contributed by atoms with van der Waals surface area (Å²) in [5, 5.41) is 11.2. The van der Waals surface area contributed by atoms with E-state index in [-0.39, 0.29) is 29.8 Å². The van der Waals surface area contributed by atoms with Gasteiger partial charge in [0.05, 0.1) is 17.2 Å². The number of amides is 1. The molecule has 3 heterocycles. The average molecular weight is 482 g/mol. The maximum Gasteiger partial charge on any atom is 0.408 e. The Morgan fingerprint density at radius 2 is 1.94 bits per heavy atom. The summed E-state index contributed by atoms with van der Waals surface area (Å²) >= 11 is 0. The summed E-state index contributed by atoms with van der Waals surface area (Å²) in [4.78, 5) is 31.8. The van der Waals surface area contributed by atoms with Gasteiger partial charge in [-0.1, -0.05) is 6.92 Å². The number of carbonyl (C=O) groups excluding carboxylic acids is 1. The van der Waals surface area contributed by atoms with Crippen LogP contribution >= 0.6 is 0 Å². The summed E-state index contributed by atoms with van der Waals surface area (Å²) in [6.45, 7) is 1.79. The van der Waals surface area contributed by atoms with Crippen LogP contribution in [0.25, 0.3) is 16.7 Å². The van der Waals surface area contributed by atoms with E-state index >= 15 is 0 Å². The fourth-order valence-electron chi connectivity index (χ4n) is 3.69.